The number of ketones is 1. The zero-order chi connectivity index (χ0) is 26.4. The van der Waals surface area contributed by atoms with E-state index in [9.17, 15) is 14.4 Å². The molecule has 5 heteroatoms. The lowest BCUT2D eigenvalue weighted by atomic mass is 9.44. The fourth-order valence-electron chi connectivity index (χ4n) is 9.33. The molecule has 0 unspecified atom stereocenters. The standard InChI is InChI=1S/C31H51NO4/c1-18(2)16-27(34)32-28(19(3)4)29(35)36-22-12-14-30(6)21(17-22)8-9-23-25-11-10-24(20(5)33)31(25,7)15-13-26(23)30/h18-19,21-26,28H,8-17H2,1-7H3,(H,32,34)/t21-,22+,23-,24+,25-,26-,28-,30-,31+/m0/s1. The number of esters is 1. The molecule has 0 aromatic carbocycles. The summed E-state index contributed by atoms with van der Waals surface area (Å²) >= 11 is 0. The summed E-state index contributed by atoms with van der Waals surface area (Å²) in [5.74, 6) is 3.35. The highest BCUT2D eigenvalue weighted by molar-refractivity contribution is 5.84. The van der Waals surface area contributed by atoms with Crippen molar-refractivity contribution in [2.24, 2.45) is 52.3 Å². The Labute approximate surface area is 219 Å². The molecular weight excluding hydrogens is 450 g/mol. The molecule has 4 aliphatic carbocycles. The highest BCUT2D eigenvalue weighted by atomic mass is 16.5. The van der Waals surface area contributed by atoms with Crippen LogP contribution >= 0.6 is 0 Å². The SMILES string of the molecule is CC(=O)[C@H]1CC[C@H]2[C@@H]3CC[C@H]4C[C@H](OC(=O)[C@@H](NC(=O)CC(C)C)C(C)C)CC[C@]4(C)[C@H]3CC[C@]12C. The highest BCUT2D eigenvalue weighted by Crippen LogP contribution is 2.67. The zero-order valence-corrected chi connectivity index (χ0v) is 23.9. The van der Waals surface area contributed by atoms with Gasteiger partial charge in [-0.1, -0.05) is 41.5 Å². The molecule has 4 fully saturated rings. The van der Waals surface area contributed by atoms with Crippen LogP contribution < -0.4 is 5.32 Å². The van der Waals surface area contributed by atoms with Crippen molar-refractivity contribution in [2.75, 3.05) is 0 Å². The molecule has 4 rings (SSSR count). The lowest BCUT2D eigenvalue weighted by molar-refractivity contribution is -0.166. The first-order chi connectivity index (χ1) is 16.9. The number of fused-ring (bicyclic) bond motifs is 5. The van der Waals surface area contributed by atoms with Gasteiger partial charge in [-0.25, -0.2) is 4.79 Å². The molecule has 1 N–H and O–H groups in total. The third-order valence-corrected chi connectivity index (χ3v) is 11.2. The number of amides is 1. The number of hydrogen-bond acceptors (Lipinski definition) is 4. The lowest BCUT2D eigenvalue weighted by Crippen LogP contribution is -2.55. The summed E-state index contributed by atoms with van der Waals surface area (Å²) in [4.78, 5) is 37.9. The van der Waals surface area contributed by atoms with Crippen LogP contribution in [0, 0.1) is 52.3 Å². The van der Waals surface area contributed by atoms with Crippen LogP contribution in [0.3, 0.4) is 0 Å². The largest absolute Gasteiger partial charge is 0.461 e. The lowest BCUT2D eigenvalue weighted by Gasteiger charge is -2.61. The molecule has 0 aliphatic heterocycles. The van der Waals surface area contributed by atoms with Gasteiger partial charge >= 0.3 is 5.97 Å². The number of hydrogen-bond donors (Lipinski definition) is 1. The number of nitrogens with one attached hydrogen (secondary N) is 1. The van der Waals surface area contributed by atoms with Gasteiger partial charge in [-0.3, -0.25) is 9.59 Å². The molecule has 5 nitrogen and oxygen atoms in total. The van der Waals surface area contributed by atoms with Gasteiger partial charge < -0.3 is 10.1 Å². The summed E-state index contributed by atoms with van der Waals surface area (Å²) in [5.41, 5.74) is 0.513. The predicted molar refractivity (Wildman–Crippen MR) is 142 cm³/mol. The summed E-state index contributed by atoms with van der Waals surface area (Å²) in [5, 5.41) is 2.94. The van der Waals surface area contributed by atoms with Gasteiger partial charge in [0, 0.05) is 12.3 Å². The van der Waals surface area contributed by atoms with Crippen LogP contribution in [0.1, 0.15) is 113 Å². The van der Waals surface area contributed by atoms with Crippen LogP contribution in [0.15, 0.2) is 0 Å². The monoisotopic (exact) mass is 501 g/mol. The maximum absolute atomic E-state index is 13.1. The van der Waals surface area contributed by atoms with E-state index in [2.05, 4.69) is 19.2 Å². The van der Waals surface area contributed by atoms with E-state index in [4.69, 9.17) is 4.74 Å². The molecule has 4 saturated carbocycles. The topological polar surface area (TPSA) is 72.5 Å². The third-order valence-electron chi connectivity index (χ3n) is 11.2. The van der Waals surface area contributed by atoms with Crippen molar-refractivity contribution in [1.29, 1.82) is 0 Å². The quantitative estimate of drug-likeness (QED) is 0.414. The molecule has 0 spiro atoms. The van der Waals surface area contributed by atoms with Gasteiger partial charge in [0.2, 0.25) is 5.91 Å². The summed E-state index contributed by atoms with van der Waals surface area (Å²) in [7, 11) is 0. The van der Waals surface area contributed by atoms with Crippen molar-refractivity contribution in [2.45, 2.75) is 125 Å². The van der Waals surface area contributed by atoms with Crippen LogP contribution in [0.5, 0.6) is 0 Å². The Hall–Kier alpha value is -1.39. The second kappa shape index (κ2) is 10.4. The van der Waals surface area contributed by atoms with Crippen molar-refractivity contribution in [1.82, 2.24) is 5.32 Å². The van der Waals surface area contributed by atoms with Crippen molar-refractivity contribution < 1.29 is 19.1 Å². The number of ether oxygens (including phenoxy) is 1. The first kappa shape index (κ1) is 27.6. The summed E-state index contributed by atoms with van der Waals surface area (Å²) in [6.07, 6.45) is 10.6. The van der Waals surface area contributed by atoms with E-state index in [1.54, 1.807) is 0 Å². The van der Waals surface area contributed by atoms with Gasteiger partial charge in [0.1, 0.15) is 17.9 Å². The molecule has 0 bridgehead atoms. The van der Waals surface area contributed by atoms with Crippen LogP contribution in [-0.2, 0) is 19.1 Å². The van der Waals surface area contributed by atoms with Crippen LogP contribution in [0.4, 0.5) is 0 Å². The second-order valence-electron chi connectivity index (χ2n) is 14.2. The van der Waals surface area contributed by atoms with E-state index < -0.39 is 6.04 Å². The number of rotatable bonds is 7. The fourth-order valence-corrected chi connectivity index (χ4v) is 9.33. The van der Waals surface area contributed by atoms with Gasteiger partial charge in [-0.05, 0) is 111 Å². The second-order valence-corrected chi connectivity index (χ2v) is 14.2. The van der Waals surface area contributed by atoms with E-state index in [0.717, 1.165) is 37.5 Å². The zero-order valence-electron chi connectivity index (χ0n) is 23.9. The molecule has 4 aliphatic rings. The van der Waals surface area contributed by atoms with Crippen LogP contribution in [0.2, 0.25) is 0 Å². The van der Waals surface area contributed by atoms with E-state index in [-0.39, 0.29) is 41.1 Å². The van der Waals surface area contributed by atoms with Gasteiger partial charge in [-0.2, -0.15) is 0 Å². The Kier molecular flexibility index (Phi) is 7.99. The molecule has 0 heterocycles. The number of carbonyl (C=O) groups excluding carboxylic acids is 3. The van der Waals surface area contributed by atoms with Gasteiger partial charge in [0.25, 0.3) is 0 Å². The molecule has 204 valence electrons. The average molecular weight is 502 g/mol. The van der Waals surface area contributed by atoms with Crippen molar-refractivity contribution in [3.05, 3.63) is 0 Å². The molecule has 36 heavy (non-hydrogen) atoms. The molecule has 0 radical (unpaired) electrons. The van der Waals surface area contributed by atoms with Crippen molar-refractivity contribution >= 4 is 17.7 Å². The van der Waals surface area contributed by atoms with E-state index in [1.165, 1.54) is 32.1 Å². The highest BCUT2D eigenvalue weighted by Gasteiger charge is 2.61. The third kappa shape index (κ3) is 5.01. The minimum Gasteiger partial charge on any atom is -0.461 e. The summed E-state index contributed by atoms with van der Waals surface area (Å²) in [6.45, 7) is 14.7. The van der Waals surface area contributed by atoms with Gasteiger partial charge in [0.15, 0.2) is 0 Å². The minimum absolute atomic E-state index is 0.000281. The first-order valence-electron chi connectivity index (χ1n) is 14.9. The molecule has 0 saturated heterocycles. The van der Waals surface area contributed by atoms with E-state index in [0.29, 0.717) is 29.5 Å². The minimum atomic E-state index is -0.576. The Bertz CT molecular complexity index is 852. The van der Waals surface area contributed by atoms with Gasteiger partial charge in [0.05, 0.1) is 0 Å². The molecule has 1 amide bonds. The first-order valence-corrected chi connectivity index (χ1v) is 14.9. The smallest absolute Gasteiger partial charge is 0.329 e. The Balaban J connectivity index is 1.39. The molecular formula is C31H51NO4. The van der Waals surface area contributed by atoms with Crippen molar-refractivity contribution in [3.63, 3.8) is 0 Å². The number of carbonyl (C=O) groups is 3. The summed E-state index contributed by atoms with van der Waals surface area (Å²) < 4.78 is 6.09. The maximum Gasteiger partial charge on any atom is 0.329 e. The molecule has 0 aromatic heterocycles. The Morgan fingerprint density at radius 2 is 1.56 bits per heavy atom. The average Bonchev–Trinajstić information content (AvgIpc) is 3.14. The molecule has 9 atom stereocenters. The molecule has 0 aromatic rings. The maximum atomic E-state index is 13.1. The van der Waals surface area contributed by atoms with Crippen LogP contribution in [-0.4, -0.2) is 29.8 Å². The van der Waals surface area contributed by atoms with E-state index in [1.807, 2.05) is 34.6 Å². The normalized spacial score (nSPS) is 40.7. The predicted octanol–water partition coefficient (Wildman–Crippen LogP) is 6.33. The van der Waals surface area contributed by atoms with E-state index >= 15 is 0 Å². The van der Waals surface area contributed by atoms with Crippen molar-refractivity contribution in [3.8, 4) is 0 Å². The van der Waals surface area contributed by atoms with Gasteiger partial charge in [-0.15, -0.1) is 0 Å². The van der Waals surface area contributed by atoms with Crippen LogP contribution in [0.25, 0.3) is 0 Å². The fraction of sp³-hybridized carbons (Fsp3) is 0.903. The Morgan fingerprint density at radius 1 is 0.889 bits per heavy atom. The Morgan fingerprint density at radius 3 is 2.19 bits per heavy atom. The summed E-state index contributed by atoms with van der Waals surface area (Å²) in [6, 6.07) is -0.576. The number of Topliss-reactive ketones (excluding diaryl/α,β-unsaturated/α-hetero) is 1.